The first-order valence-corrected chi connectivity index (χ1v) is 11.3. The zero-order valence-electron chi connectivity index (χ0n) is 19.7. The monoisotopic (exact) mass is 538 g/mol. The van der Waals surface area contributed by atoms with E-state index in [9.17, 15) is 0 Å². The van der Waals surface area contributed by atoms with Crippen molar-refractivity contribution in [1.82, 2.24) is 25.3 Å². The molecule has 0 bridgehead atoms. The van der Waals surface area contributed by atoms with Gasteiger partial charge in [-0.05, 0) is 64.6 Å². The van der Waals surface area contributed by atoms with Crippen molar-refractivity contribution < 1.29 is 0 Å². The van der Waals surface area contributed by atoms with Crippen molar-refractivity contribution >= 4 is 29.9 Å². The zero-order chi connectivity index (χ0) is 21.5. The number of hydrogen-bond donors (Lipinski definition) is 2. The van der Waals surface area contributed by atoms with E-state index >= 15 is 0 Å². The number of aromatic nitrogens is 2. The molecule has 0 amide bonds. The van der Waals surface area contributed by atoms with Gasteiger partial charge in [0.15, 0.2) is 5.96 Å². The summed E-state index contributed by atoms with van der Waals surface area (Å²) in [6.45, 7) is 12.4. The fourth-order valence-electron chi connectivity index (χ4n) is 4.35. The molecule has 7 heteroatoms. The first kappa shape index (κ1) is 25.6. The predicted molar refractivity (Wildman–Crippen MR) is 140 cm³/mol. The maximum Gasteiger partial charge on any atom is 0.191 e. The Morgan fingerprint density at radius 1 is 1.26 bits per heavy atom. The van der Waals surface area contributed by atoms with Crippen LogP contribution in [-0.4, -0.2) is 52.4 Å². The van der Waals surface area contributed by atoms with Crippen LogP contribution < -0.4 is 10.6 Å². The number of nitrogens with one attached hydrogen (secondary N) is 2. The molecule has 2 N–H and O–H groups in total. The van der Waals surface area contributed by atoms with Crippen LogP contribution in [0.15, 0.2) is 35.3 Å². The second kappa shape index (κ2) is 12.4. The van der Waals surface area contributed by atoms with Crippen LogP contribution in [0, 0.1) is 13.8 Å². The summed E-state index contributed by atoms with van der Waals surface area (Å²) in [5.41, 5.74) is 5.08. The van der Waals surface area contributed by atoms with Crippen molar-refractivity contribution in [3.05, 3.63) is 52.8 Å². The average molecular weight is 539 g/mol. The topological polar surface area (TPSA) is 57.5 Å². The minimum Gasteiger partial charge on any atom is -0.357 e. The molecule has 1 aromatic heterocycles. The van der Waals surface area contributed by atoms with Crippen molar-refractivity contribution in [1.29, 1.82) is 0 Å². The normalized spacial score (nSPS) is 18.0. The van der Waals surface area contributed by atoms with Gasteiger partial charge in [-0.15, -0.1) is 24.0 Å². The Bertz CT molecular complexity index is 832. The number of nitrogens with zero attached hydrogens (tertiary/aromatic N) is 4. The van der Waals surface area contributed by atoms with Gasteiger partial charge in [-0.1, -0.05) is 30.3 Å². The molecule has 3 rings (SSSR count). The quantitative estimate of drug-likeness (QED) is 0.305. The Labute approximate surface area is 204 Å². The van der Waals surface area contributed by atoms with Crippen LogP contribution in [-0.2, 0) is 20.0 Å². The average Bonchev–Trinajstić information content (AvgIpc) is 3.26. The Morgan fingerprint density at radius 2 is 2.00 bits per heavy atom. The lowest BCUT2D eigenvalue weighted by molar-refractivity contribution is 0.250. The van der Waals surface area contributed by atoms with Crippen LogP contribution in [0.4, 0.5) is 0 Å². The molecule has 172 valence electrons. The standard InChI is InChI=1S/C24H38N6.HI/c1-6-25-24(27-18(2)15-23-19(3)28-29(5)20(23)4)26-16-22-13-10-14-30(22)17-21-11-8-7-9-12-21;/h7-9,11-12,18,22H,6,10,13-17H2,1-5H3,(H2,25,26,27);1H. The van der Waals surface area contributed by atoms with Gasteiger partial charge in [0.25, 0.3) is 0 Å². The van der Waals surface area contributed by atoms with E-state index in [2.05, 4.69) is 78.7 Å². The molecule has 0 aliphatic carbocycles. The number of benzene rings is 1. The maximum absolute atomic E-state index is 4.95. The molecular weight excluding hydrogens is 499 g/mol. The Balaban J connectivity index is 0.00000341. The van der Waals surface area contributed by atoms with Crippen LogP contribution in [0.5, 0.6) is 0 Å². The molecule has 1 fully saturated rings. The van der Waals surface area contributed by atoms with E-state index in [0.717, 1.165) is 44.3 Å². The smallest absolute Gasteiger partial charge is 0.191 e. The number of rotatable bonds is 8. The molecule has 0 radical (unpaired) electrons. The molecule has 0 spiro atoms. The highest BCUT2D eigenvalue weighted by molar-refractivity contribution is 14.0. The Hall–Kier alpha value is -1.61. The number of likely N-dealkylation sites (tertiary alicyclic amines) is 1. The van der Waals surface area contributed by atoms with Gasteiger partial charge >= 0.3 is 0 Å². The summed E-state index contributed by atoms with van der Waals surface area (Å²) in [4.78, 5) is 7.53. The first-order chi connectivity index (χ1) is 14.5. The Kier molecular flexibility index (Phi) is 10.3. The van der Waals surface area contributed by atoms with Crippen molar-refractivity contribution in [3.8, 4) is 0 Å². The number of aliphatic imine (C=N–C) groups is 1. The molecule has 1 aliphatic rings. The van der Waals surface area contributed by atoms with Gasteiger partial charge < -0.3 is 10.6 Å². The van der Waals surface area contributed by atoms with E-state index in [4.69, 9.17) is 4.99 Å². The first-order valence-electron chi connectivity index (χ1n) is 11.3. The number of aryl methyl sites for hydroxylation is 2. The van der Waals surface area contributed by atoms with E-state index in [1.807, 2.05) is 11.7 Å². The fourth-order valence-corrected chi connectivity index (χ4v) is 4.35. The van der Waals surface area contributed by atoms with E-state index in [-0.39, 0.29) is 30.0 Å². The zero-order valence-corrected chi connectivity index (χ0v) is 22.0. The summed E-state index contributed by atoms with van der Waals surface area (Å²) in [6, 6.07) is 11.6. The highest BCUT2D eigenvalue weighted by atomic mass is 127. The maximum atomic E-state index is 4.95. The second-order valence-corrected chi connectivity index (χ2v) is 8.49. The second-order valence-electron chi connectivity index (χ2n) is 8.49. The van der Waals surface area contributed by atoms with Gasteiger partial charge in [0.05, 0.1) is 12.2 Å². The molecule has 1 aromatic carbocycles. The lowest BCUT2D eigenvalue weighted by atomic mass is 10.1. The molecule has 0 saturated carbocycles. The van der Waals surface area contributed by atoms with Gasteiger partial charge in [0.1, 0.15) is 0 Å². The summed E-state index contributed by atoms with van der Waals surface area (Å²) in [5, 5.41) is 11.6. The van der Waals surface area contributed by atoms with Gasteiger partial charge in [0, 0.05) is 37.9 Å². The van der Waals surface area contributed by atoms with Crippen LogP contribution in [0.2, 0.25) is 0 Å². The van der Waals surface area contributed by atoms with E-state index < -0.39 is 0 Å². The van der Waals surface area contributed by atoms with Gasteiger partial charge in [0.2, 0.25) is 0 Å². The third kappa shape index (κ3) is 7.20. The van der Waals surface area contributed by atoms with Gasteiger partial charge in [-0.2, -0.15) is 5.10 Å². The molecule has 1 aliphatic heterocycles. The third-order valence-electron chi connectivity index (χ3n) is 6.08. The van der Waals surface area contributed by atoms with Crippen molar-refractivity contribution in [2.75, 3.05) is 19.6 Å². The number of hydrogen-bond acceptors (Lipinski definition) is 3. The molecule has 2 heterocycles. The minimum atomic E-state index is 0. The SMILES string of the molecule is CCNC(=NCC1CCCN1Cc1ccccc1)NC(C)Cc1c(C)nn(C)c1C.I. The summed E-state index contributed by atoms with van der Waals surface area (Å²) in [6.07, 6.45) is 3.42. The highest BCUT2D eigenvalue weighted by Gasteiger charge is 2.24. The van der Waals surface area contributed by atoms with E-state index in [0.29, 0.717) is 6.04 Å². The Morgan fingerprint density at radius 3 is 2.65 bits per heavy atom. The van der Waals surface area contributed by atoms with Crippen molar-refractivity contribution in [2.45, 2.75) is 65.6 Å². The van der Waals surface area contributed by atoms with Gasteiger partial charge in [-0.3, -0.25) is 14.6 Å². The molecule has 2 atom stereocenters. The summed E-state index contributed by atoms with van der Waals surface area (Å²) >= 11 is 0. The van der Waals surface area contributed by atoms with Crippen molar-refractivity contribution in [2.24, 2.45) is 12.0 Å². The molecular formula is C24H39IN6. The largest absolute Gasteiger partial charge is 0.357 e. The molecule has 31 heavy (non-hydrogen) atoms. The minimum absolute atomic E-state index is 0. The molecule has 2 aromatic rings. The summed E-state index contributed by atoms with van der Waals surface area (Å²) in [5.74, 6) is 0.913. The molecule has 2 unspecified atom stereocenters. The highest BCUT2D eigenvalue weighted by Crippen LogP contribution is 2.20. The van der Waals surface area contributed by atoms with Crippen LogP contribution in [0.3, 0.4) is 0 Å². The van der Waals surface area contributed by atoms with E-state index in [1.54, 1.807) is 0 Å². The predicted octanol–water partition coefficient (Wildman–Crippen LogP) is 3.81. The van der Waals surface area contributed by atoms with E-state index in [1.165, 1.54) is 29.7 Å². The van der Waals surface area contributed by atoms with Crippen molar-refractivity contribution in [3.63, 3.8) is 0 Å². The van der Waals surface area contributed by atoms with Crippen LogP contribution in [0.1, 0.15) is 49.2 Å². The summed E-state index contributed by atoms with van der Waals surface area (Å²) in [7, 11) is 2.01. The van der Waals surface area contributed by atoms with Crippen LogP contribution >= 0.6 is 24.0 Å². The molecule has 1 saturated heterocycles. The van der Waals surface area contributed by atoms with Crippen LogP contribution in [0.25, 0.3) is 0 Å². The lowest BCUT2D eigenvalue weighted by Gasteiger charge is -2.24. The number of halogens is 1. The number of guanidine groups is 1. The van der Waals surface area contributed by atoms with Gasteiger partial charge in [-0.25, -0.2) is 0 Å². The third-order valence-corrected chi connectivity index (χ3v) is 6.08. The molecule has 6 nitrogen and oxygen atoms in total. The lowest BCUT2D eigenvalue weighted by Crippen LogP contribution is -2.44. The fraction of sp³-hybridized carbons (Fsp3) is 0.583. The summed E-state index contributed by atoms with van der Waals surface area (Å²) < 4.78 is 1.97.